The van der Waals surface area contributed by atoms with E-state index in [1.54, 1.807) is 0 Å². The van der Waals surface area contributed by atoms with E-state index in [2.05, 4.69) is 0 Å². The van der Waals surface area contributed by atoms with Crippen LogP contribution in [0.3, 0.4) is 0 Å². The highest BCUT2D eigenvalue weighted by atomic mass is 19.4. The molecule has 0 spiro atoms. The van der Waals surface area contributed by atoms with E-state index in [0.717, 1.165) is 0 Å². The molecule has 102 valence electrons. The van der Waals surface area contributed by atoms with Crippen molar-refractivity contribution in [2.24, 2.45) is 5.41 Å². The molecule has 2 atom stereocenters. The van der Waals surface area contributed by atoms with Gasteiger partial charge in [0.2, 0.25) is 11.1 Å². The van der Waals surface area contributed by atoms with Gasteiger partial charge in [0.15, 0.2) is 11.7 Å². The minimum atomic E-state index is -6.06. The molecule has 18 heavy (non-hydrogen) atoms. The zero-order valence-corrected chi connectivity index (χ0v) is 7.78. The first kappa shape index (κ1) is 13.2. The van der Waals surface area contributed by atoms with Crippen molar-refractivity contribution in [1.29, 1.82) is 0 Å². The van der Waals surface area contributed by atoms with Gasteiger partial charge in [-0.05, 0) is 0 Å². The van der Waals surface area contributed by atoms with Crippen LogP contribution in [-0.2, 0) is 0 Å². The average Bonchev–Trinajstić information content (AvgIpc) is 2.11. The van der Waals surface area contributed by atoms with Crippen molar-refractivity contribution in [1.82, 2.24) is 0 Å². The van der Waals surface area contributed by atoms with Crippen LogP contribution in [0, 0.1) is 5.41 Å². The summed E-state index contributed by atoms with van der Waals surface area (Å²) in [5, 5.41) is 0. The van der Waals surface area contributed by atoms with Gasteiger partial charge in [0.1, 0.15) is 11.4 Å². The summed E-state index contributed by atoms with van der Waals surface area (Å²) in [6.45, 7) is 0. The first-order valence-electron chi connectivity index (χ1n) is 4.14. The van der Waals surface area contributed by atoms with Gasteiger partial charge in [0, 0.05) is 0 Å². The minimum Gasteiger partial charge on any atom is -0.229 e. The number of halogens is 10. The van der Waals surface area contributed by atoms with Crippen molar-refractivity contribution in [2.45, 2.75) is 18.0 Å². The highest BCUT2D eigenvalue weighted by Gasteiger charge is 2.93. The molecule has 0 radical (unpaired) electrons. The number of allylic oxidation sites excluding steroid dienone is 4. The normalized spacial score (nSPS) is 36.3. The van der Waals surface area contributed by atoms with E-state index >= 15 is 0 Å². The van der Waals surface area contributed by atoms with E-state index in [1.807, 2.05) is 0 Å². The highest BCUT2D eigenvalue weighted by Crippen LogP contribution is 2.79. The van der Waals surface area contributed by atoms with Crippen LogP contribution in [0.1, 0.15) is 0 Å². The summed E-state index contributed by atoms with van der Waals surface area (Å²) in [4.78, 5) is 0. The summed E-state index contributed by atoms with van der Waals surface area (Å²) in [5.74, 6) is -8.90. The van der Waals surface area contributed by atoms with Crippen molar-refractivity contribution in [3.05, 3.63) is 23.1 Å². The maximum Gasteiger partial charge on any atom is 0.418 e. The Morgan fingerprint density at radius 1 is 0.722 bits per heavy atom. The quantitative estimate of drug-likeness (QED) is 0.585. The summed E-state index contributed by atoms with van der Waals surface area (Å²) in [6, 6.07) is 0. The van der Waals surface area contributed by atoms with Gasteiger partial charge in [-0.25, -0.2) is 17.6 Å². The van der Waals surface area contributed by atoms with Crippen molar-refractivity contribution in [3.8, 4) is 0 Å². The SMILES string of the molecule is FC1=C(F)C2(C(F)(F)F)C(F)=C(C(F)(F)F)C12F. The van der Waals surface area contributed by atoms with E-state index < -0.39 is 46.5 Å². The second-order valence-electron chi connectivity index (χ2n) is 3.72. The summed E-state index contributed by atoms with van der Waals surface area (Å²) in [7, 11) is 0. The minimum absolute atomic E-state index is 2.89. The Bertz CT molecular complexity index is 491. The van der Waals surface area contributed by atoms with Crippen molar-refractivity contribution >= 4 is 0 Å². The zero-order chi connectivity index (χ0) is 14.3. The molecular formula is C8F10. The molecule has 0 bridgehead atoms. The third-order valence-electron chi connectivity index (χ3n) is 2.94. The molecule has 0 aromatic rings. The molecule has 0 fully saturated rings. The summed E-state index contributed by atoms with van der Waals surface area (Å²) >= 11 is 0. The van der Waals surface area contributed by atoms with Gasteiger partial charge in [-0.1, -0.05) is 0 Å². The monoisotopic (exact) mass is 286 g/mol. The fourth-order valence-corrected chi connectivity index (χ4v) is 2.15. The van der Waals surface area contributed by atoms with Gasteiger partial charge >= 0.3 is 12.4 Å². The summed E-state index contributed by atoms with van der Waals surface area (Å²) in [6.07, 6.45) is -11.9. The summed E-state index contributed by atoms with van der Waals surface area (Å²) in [5.41, 5.74) is -12.6. The van der Waals surface area contributed by atoms with Gasteiger partial charge in [0.25, 0.3) is 0 Å². The van der Waals surface area contributed by atoms with E-state index in [9.17, 15) is 43.9 Å². The maximum atomic E-state index is 13.5. The highest BCUT2D eigenvalue weighted by molar-refractivity contribution is 5.66. The Kier molecular flexibility index (Phi) is 2.09. The maximum absolute atomic E-state index is 13.5. The second-order valence-corrected chi connectivity index (χ2v) is 3.72. The van der Waals surface area contributed by atoms with Gasteiger partial charge in [-0.3, -0.25) is 0 Å². The van der Waals surface area contributed by atoms with E-state index in [0.29, 0.717) is 0 Å². The number of hydrogen-bond donors (Lipinski definition) is 0. The van der Waals surface area contributed by atoms with Gasteiger partial charge in [-0.2, -0.15) is 26.3 Å². The molecule has 0 N–H and O–H groups in total. The summed E-state index contributed by atoms with van der Waals surface area (Å²) < 4.78 is 125. The first-order chi connectivity index (χ1) is 7.84. The zero-order valence-electron chi connectivity index (χ0n) is 7.78. The molecule has 0 amide bonds. The van der Waals surface area contributed by atoms with Gasteiger partial charge < -0.3 is 0 Å². The molecule has 2 unspecified atom stereocenters. The molecule has 0 saturated heterocycles. The van der Waals surface area contributed by atoms with E-state index in [4.69, 9.17) is 0 Å². The van der Waals surface area contributed by atoms with Crippen LogP contribution in [0.2, 0.25) is 0 Å². The smallest absolute Gasteiger partial charge is 0.229 e. The Balaban J connectivity index is 2.73. The number of fused-ring (bicyclic) bond motifs is 1. The topological polar surface area (TPSA) is 0 Å². The van der Waals surface area contributed by atoms with Crippen molar-refractivity contribution < 1.29 is 43.9 Å². The molecule has 10 heteroatoms. The van der Waals surface area contributed by atoms with Crippen LogP contribution in [0.5, 0.6) is 0 Å². The standard InChI is InChI=1S/C8F10/c9-2-1(7(13,14)15)6(12)4(11)3(10)5(2,6)8(16,17)18. The number of alkyl halides is 7. The Hall–Kier alpha value is -1.22. The first-order valence-corrected chi connectivity index (χ1v) is 4.14. The molecule has 2 aliphatic rings. The molecule has 2 rings (SSSR count). The van der Waals surface area contributed by atoms with Gasteiger partial charge in [0.05, 0.1) is 0 Å². The van der Waals surface area contributed by atoms with Crippen LogP contribution < -0.4 is 0 Å². The van der Waals surface area contributed by atoms with Crippen molar-refractivity contribution in [2.75, 3.05) is 0 Å². The second kappa shape index (κ2) is 2.85. The molecule has 0 nitrogen and oxygen atoms in total. The molecular weight excluding hydrogens is 286 g/mol. The Morgan fingerprint density at radius 2 is 1.17 bits per heavy atom. The molecule has 0 saturated carbocycles. The lowest BCUT2D eigenvalue weighted by Gasteiger charge is -2.57. The molecule has 0 aliphatic heterocycles. The molecule has 0 heterocycles. The van der Waals surface area contributed by atoms with E-state index in [1.165, 1.54) is 0 Å². The van der Waals surface area contributed by atoms with Crippen LogP contribution in [0.15, 0.2) is 23.1 Å². The molecule has 0 aromatic heterocycles. The lowest BCUT2D eigenvalue weighted by Crippen LogP contribution is -2.72. The fraction of sp³-hybridized carbons (Fsp3) is 0.500. The Morgan fingerprint density at radius 3 is 1.50 bits per heavy atom. The predicted octanol–water partition coefficient (Wildman–Crippen LogP) is 4.21. The molecule has 2 aliphatic carbocycles. The van der Waals surface area contributed by atoms with E-state index in [-0.39, 0.29) is 0 Å². The van der Waals surface area contributed by atoms with Gasteiger partial charge in [-0.15, -0.1) is 0 Å². The largest absolute Gasteiger partial charge is 0.418 e. The fourth-order valence-electron chi connectivity index (χ4n) is 2.15. The van der Waals surface area contributed by atoms with Crippen LogP contribution in [0.4, 0.5) is 43.9 Å². The van der Waals surface area contributed by atoms with Crippen molar-refractivity contribution in [3.63, 3.8) is 0 Å². The van der Waals surface area contributed by atoms with Crippen LogP contribution >= 0.6 is 0 Å². The number of hydrogen-bond acceptors (Lipinski definition) is 0. The van der Waals surface area contributed by atoms with Crippen LogP contribution in [0.25, 0.3) is 0 Å². The predicted molar refractivity (Wildman–Crippen MR) is 35.8 cm³/mol. The Labute approximate surface area is 91.6 Å². The molecule has 0 aromatic carbocycles. The average molecular weight is 286 g/mol. The lowest BCUT2D eigenvalue weighted by atomic mass is 9.49. The third-order valence-corrected chi connectivity index (χ3v) is 2.94. The third kappa shape index (κ3) is 0.935. The lowest BCUT2D eigenvalue weighted by molar-refractivity contribution is -0.285. The van der Waals surface area contributed by atoms with Crippen LogP contribution in [-0.4, -0.2) is 18.0 Å². The number of rotatable bonds is 0.